The highest BCUT2D eigenvalue weighted by Crippen LogP contribution is 2.28. The van der Waals surface area contributed by atoms with Crippen LogP contribution in [0.3, 0.4) is 0 Å². The lowest BCUT2D eigenvalue weighted by Gasteiger charge is -2.17. The minimum absolute atomic E-state index is 0.352. The summed E-state index contributed by atoms with van der Waals surface area (Å²) in [6.45, 7) is 2.18. The molecule has 78 valence electrons. The highest BCUT2D eigenvalue weighted by atomic mass is 79.9. The van der Waals surface area contributed by atoms with Gasteiger partial charge >= 0.3 is 0 Å². The second kappa shape index (κ2) is 5.74. The van der Waals surface area contributed by atoms with E-state index in [1.807, 2.05) is 19.2 Å². The lowest BCUT2D eigenvalue weighted by Crippen LogP contribution is -2.16. The van der Waals surface area contributed by atoms with E-state index in [4.69, 9.17) is 11.6 Å². The third-order valence-corrected chi connectivity index (χ3v) is 3.10. The zero-order valence-electron chi connectivity index (χ0n) is 8.48. The minimum atomic E-state index is 0.352. The molecule has 0 spiro atoms. The van der Waals surface area contributed by atoms with Gasteiger partial charge in [0.15, 0.2) is 0 Å². The first-order valence-corrected chi connectivity index (χ1v) is 5.98. The molecule has 1 unspecified atom stereocenters. The monoisotopic (exact) mass is 275 g/mol. The van der Waals surface area contributed by atoms with Gasteiger partial charge in [0.05, 0.1) is 0 Å². The Morgan fingerprint density at radius 1 is 1.50 bits per heavy atom. The summed E-state index contributed by atoms with van der Waals surface area (Å²) < 4.78 is 1.08. The zero-order valence-corrected chi connectivity index (χ0v) is 10.8. The van der Waals surface area contributed by atoms with Gasteiger partial charge in [-0.3, -0.25) is 0 Å². The van der Waals surface area contributed by atoms with Crippen molar-refractivity contribution in [2.24, 2.45) is 0 Å². The number of hydrogen-bond donors (Lipinski definition) is 1. The van der Waals surface area contributed by atoms with Crippen LogP contribution in [0.2, 0.25) is 5.02 Å². The van der Waals surface area contributed by atoms with Crippen molar-refractivity contribution in [1.29, 1.82) is 0 Å². The fraction of sp³-hybridized carbons (Fsp3) is 0.455. The summed E-state index contributed by atoms with van der Waals surface area (Å²) in [5, 5.41) is 4.12. The van der Waals surface area contributed by atoms with Crippen molar-refractivity contribution in [1.82, 2.24) is 5.32 Å². The number of hydrogen-bond acceptors (Lipinski definition) is 1. The van der Waals surface area contributed by atoms with Crippen LogP contribution in [0, 0.1) is 0 Å². The average Bonchev–Trinajstić information content (AvgIpc) is 2.18. The predicted molar refractivity (Wildman–Crippen MR) is 65.9 cm³/mol. The maximum Gasteiger partial charge on any atom is 0.0454 e. The van der Waals surface area contributed by atoms with Crippen molar-refractivity contribution >= 4 is 27.5 Å². The number of rotatable bonds is 4. The van der Waals surface area contributed by atoms with Crippen molar-refractivity contribution in [3.8, 4) is 0 Å². The molecule has 0 aliphatic heterocycles. The number of benzene rings is 1. The highest BCUT2D eigenvalue weighted by Gasteiger charge is 2.11. The van der Waals surface area contributed by atoms with E-state index in [1.54, 1.807) is 0 Å². The Morgan fingerprint density at radius 3 is 2.79 bits per heavy atom. The topological polar surface area (TPSA) is 12.0 Å². The fourth-order valence-corrected chi connectivity index (χ4v) is 2.15. The number of nitrogens with one attached hydrogen (secondary N) is 1. The van der Waals surface area contributed by atoms with Crippen LogP contribution in [0.1, 0.15) is 31.4 Å². The van der Waals surface area contributed by atoms with Crippen molar-refractivity contribution in [3.63, 3.8) is 0 Å². The lowest BCUT2D eigenvalue weighted by atomic mass is 10.0. The van der Waals surface area contributed by atoms with Gasteiger partial charge in [0.2, 0.25) is 0 Å². The van der Waals surface area contributed by atoms with Gasteiger partial charge in [-0.2, -0.15) is 0 Å². The molecular formula is C11H15BrClN. The first-order valence-electron chi connectivity index (χ1n) is 4.81. The molecule has 0 saturated heterocycles. The van der Waals surface area contributed by atoms with Crippen LogP contribution in [-0.4, -0.2) is 7.05 Å². The summed E-state index contributed by atoms with van der Waals surface area (Å²) in [5.74, 6) is 0. The summed E-state index contributed by atoms with van der Waals surface area (Å²) in [4.78, 5) is 0. The molecule has 1 rings (SSSR count). The Morgan fingerprint density at radius 2 is 2.21 bits per heavy atom. The van der Waals surface area contributed by atoms with Crippen LogP contribution in [-0.2, 0) is 0 Å². The Balaban J connectivity index is 2.96. The lowest BCUT2D eigenvalue weighted by molar-refractivity contribution is 0.541. The van der Waals surface area contributed by atoms with Crippen LogP contribution in [0.15, 0.2) is 22.7 Å². The second-order valence-electron chi connectivity index (χ2n) is 3.30. The van der Waals surface area contributed by atoms with Gasteiger partial charge in [0, 0.05) is 15.5 Å². The van der Waals surface area contributed by atoms with E-state index in [2.05, 4.69) is 34.2 Å². The van der Waals surface area contributed by atoms with Crippen molar-refractivity contribution < 1.29 is 0 Å². The van der Waals surface area contributed by atoms with Crippen LogP contribution in [0.25, 0.3) is 0 Å². The molecule has 1 aromatic carbocycles. The maximum atomic E-state index is 6.14. The molecule has 1 atom stereocenters. The average molecular weight is 277 g/mol. The van der Waals surface area contributed by atoms with E-state index in [-0.39, 0.29) is 0 Å². The molecule has 1 N–H and O–H groups in total. The molecule has 14 heavy (non-hydrogen) atoms. The van der Waals surface area contributed by atoms with E-state index in [9.17, 15) is 0 Å². The molecule has 0 fully saturated rings. The van der Waals surface area contributed by atoms with Crippen LogP contribution >= 0.6 is 27.5 Å². The Hall–Kier alpha value is -0.0500. The van der Waals surface area contributed by atoms with Gasteiger partial charge in [0.25, 0.3) is 0 Å². The van der Waals surface area contributed by atoms with Gasteiger partial charge in [-0.05, 0) is 37.2 Å². The quantitative estimate of drug-likeness (QED) is 0.870. The van der Waals surface area contributed by atoms with Crippen molar-refractivity contribution in [2.45, 2.75) is 25.8 Å². The van der Waals surface area contributed by atoms with Crippen molar-refractivity contribution in [3.05, 3.63) is 33.3 Å². The molecule has 0 saturated carbocycles. The SMILES string of the molecule is CCCC(NC)c1cc(Br)ccc1Cl. The minimum Gasteiger partial charge on any atom is -0.313 e. The van der Waals surface area contributed by atoms with E-state index in [0.717, 1.165) is 22.3 Å². The van der Waals surface area contributed by atoms with E-state index >= 15 is 0 Å². The third kappa shape index (κ3) is 2.97. The fourth-order valence-electron chi connectivity index (χ4n) is 1.53. The largest absolute Gasteiger partial charge is 0.313 e. The highest BCUT2D eigenvalue weighted by molar-refractivity contribution is 9.10. The Labute approximate surface area is 99.0 Å². The van der Waals surface area contributed by atoms with Crippen LogP contribution < -0.4 is 5.32 Å². The Bertz CT molecular complexity index is 301. The molecule has 0 amide bonds. The summed E-state index contributed by atoms with van der Waals surface area (Å²) in [5.41, 5.74) is 1.17. The van der Waals surface area contributed by atoms with Gasteiger partial charge in [0.1, 0.15) is 0 Å². The predicted octanol–water partition coefficient (Wildman–Crippen LogP) is 4.16. The Kier molecular flexibility index (Phi) is 4.93. The first-order chi connectivity index (χ1) is 6.69. The molecular weight excluding hydrogens is 261 g/mol. The van der Waals surface area contributed by atoms with E-state index < -0.39 is 0 Å². The summed E-state index contributed by atoms with van der Waals surface area (Å²) in [6.07, 6.45) is 2.25. The van der Waals surface area contributed by atoms with Crippen LogP contribution in [0.5, 0.6) is 0 Å². The first kappa shape index (κ1) is 12.0. The molecule has 0 heterocycles. The zero-order chi connectivity index (χ0) is 10.6. The second-order valence-corrected chi connectivity index (χ2v) is 4.62. The van der Waals surface area contributed by atoms with Gasteiger partial charge in [-0.1, -0.05) is 40.9 Å². The van der Waals surface area contributed by atoms with Crippen LogP contribution in [0.4, 0.5) is 0 Å². The van der Waals surface area contributed by atoms with Gasteiger partial charge in [-0.15, -0.1) is 0 Å². The molecule has 1 nitrogen and oxygen atoms in total. The van der Waals surface area contributed by atoms with E-state index in [1.165, 1.54) is 5.56 Å². The normalized spacial score (nSPS) is 12.9. The molecule has 0 aliphatic carbocycles. The molecule has 0 radical (unpaired) electrons. The molecule has 0 aromatic heterocycles. The van der Waals surface area contributed by atoms with E-state index in [0.29, 0.717) is 6.04 Å². The molecule has 0 bridgehead atoms. The molecule has 1 aromatic rings. The summed E-state index contributed by atoms with van der Waals surface area (Å²) in [7, 11) is 1.97. The third-order valence-electron chi connectivity index (χ3n) is 2.26. The number of halogens is 2. The summed E-state index contributed by atoms with van der Waals surface area (Å²) in [6, 6.07) is 6.33. The molecule has 3 heteroatoms. The summed E-state index contributed by atoms with van der Waals surface area (Å²) >= 11 is 9.60. The van der Waals surface area contributed by atoms with Crippen molar-refractivity contribution in [2.75, 3.05) is 7.05 Å². The van der Waals surface area contributed by atoms with Gasteiger partial charge < -0.3 is 5.32 Å². The smallest absolute Gasteiger partial charge is 0.0454 e. The molecule has 0 aliphatic rings. The standard InChI is InChI=1S/C11H15BrClN/c1-3-4-11(14-2)9-7-8(12)5-6-10(9)13/h5-7,11,14H,3-4H2,1-2H3. The van der Waals surface area contributed by atoms with Gasteiger partial charge in [-0.25, -0.2) is 0 Å². The maximum absolute atomic E-state index is 6.14.